The fourth-order valence-electron chi connectivity index (χ4n) is 3.32. The Bertz CT molecular complexity index is 905. The number of amides is 2. The van der Waals surface area contributed by atoms with Crippen LogP contribution in [0.15, 0.2) is 54.6 Å². The number of carbonyl (C=O) groups excluding carboxylic acids is 2. The van der Waals surface area contributed by atoms with Gasteiger partial charge >= 0.3 is 5.97 Å². The number of nitrogens with two attached hydrogens (primary N) is 2. The average molecular weight is 457 g/mol. The SMILES string of the molecule is NCCCC[C@H](N)C(=O)N[C@@H](Cc1ccccc1)C(=O)N[C@@H](Cc1ccc(O)cc1)C(=O)O. The third-order valence-corrected chi connectivity index (χ3v) is 5.21. The van der Waals surface area contributed by atoms with Crippen molar-refractivity contribution in [2.24, 2.45) is 11.5 Å². The highest BCUT2D eigenvalue weighted by atomic mass is 16.4. The first kappa shape index (κ1) is 25.8. The fraction of sp³-hybridized carbons (Fsp3) is 0.375. The molecule has 2 amide bonds. The Morgan fingerprint density at radius 3 is 2.00 bits per heavy atom. The van der Waals surface area contributed by atoms with Gasteiger partial charge in [-0.1, -0.05) is 48.9 Å². The van der Waals surface area contributed by atoms with Gasteiger partial charge in [0.2, 0.25) is 11.8 Å². The predicted molar refractivity (Wildman–Crippen MR) is 124 cm³/mol. The first-order chi connectivity index (χ1) is 15.8. The van der Waals surface area contributed by atoms with Crippen LogP contribution in [0.3, 0.4) is 0 Å². The van der Waals surface area contributed by atoms with E-state index in [0.29, 0.717) is 24.9 Å². The van der Waals surface area contributed by atoms with Crippen molar-refractivity contribution in [1.82, 2.24) is 10.6 Å². The number of carbonyl (C=O) groups is 3. The minimum absolute atomic E-state index is 0.0198. The highest BCUT2D eigenvalue weighted by molar-refractivity contribution is 5.92. The summed E-state index contributed by atoms with van der Waals surface area (Å²) in [5, 5.41) is 24.2. The minimum Gasteiger partial charge on any atom is -0.508 e. The van der Waals surface area contributed by atoms with Crippen molar-refractivity contribution in [3.8, 4) is 5.75 Å². The van der Waals surface area contributed by atoms with E-state index in [1.807, 2.05) is 30.3 Å². The van der Waals surface area contributed by atoms with Gasteiger partial charge in [0, 0.05) is 12.8 Å². The van der Waals surface area contributed by atoms with E-state index in [-0.39, 0.29) is 18.6 Å². The van der Waals surface area contributed by atoms with E-state index in [1.165, 1.54) is 12.1 Å². The fourth-order valence-corrected chi connectivity index (χ4v) is 3.32. The number of unbranched alkanes of at least 4 members (excludes halogenated alkanes) is 1. The third-order valence-electron chi connectivity index (χ3n) is 5.21. The Morgan fingerprint density at radius 2 is 1.39 bits per heavy atom. The number of phenolic OH excluding ortho intramolecular Hbond substituents is 1. The lowest BCUT2D eigenvalue weighted by Crippen LogP contribution is -2.55. The number of rotatable bonds is 13. The molecular weight excluding hydrogens is 424 g/mol. The number of aromatic hydroxyl groups is 1. The van der Waals surface area contributed by atoms with E-state index in [9.17, 15) is 24.6 Å². The number of hydrogen-bond acceptors (Lipinski definition) is 6. The summed E-state index contributed by atoms with van der Waals surface area (Å²) in [6.07, 6.45) is 2.06. The van der Waals surface area contributed by atoms with Crippen molar-refractivity contribution in [3.63, 3.8) is 0 Å². The molecule has 2 aromatic rings. The molecule has 3 atom stereocenters. The van der Waals surface area contributed by atoms with E-state index < -0.39 is 35.9 Å². The van der Waals surface area contributed by atoms with Crippen LogP contribution in [0.4, 0.5) is 0 Å². The molecule has 0 radical (unpaired) electrons. The Morgan fingerprint density at radius 1 is 0.818 bits per heavy atom. The van der Waals surface area contributed by atoms with Gasteiger partial charge in [0.25, 0.3) is 0 Å². The quantitative estimate of drug-likeness (QED) is 0.241. The monoisotopic (exact) mass is 456 g/mol. The zero-order valence-electron chi connectivity index (χ0n) is 18.4. The molecule has 0 heterocycles. The summed E-state index contributed by atoms with van der Waals surface area (Å²) in [6.45, 7) is 0.505. The molecule has 33 heavy (non-hydrogen) atoms. The number of benzene rings is 2. The first-order valence-electron chi connectivity index (χ1n) is 10.9. The highest BCUT2D eigenvalue weighted by Gasteiger charge is 2.28. The van der Waals surface area contributed by atoms with Gasteiger partial charge in [-0.3, -0.25) is 9.59 Å². The van der Waals surface area contributed by atoms with Gasteiger partial charge in [-0.2, -0.15) is 0 Å². The number of carboxylic acids is 1. The molecule has 0 spiro atoms. The molecule has 9 heteroatoms. The molecule has 2 aromatic carbocycles. The van der Waals surface area contributed by atoms with Gasteiger partial charge < -0.3 is 32.3 Å². The van der Waals surface area contributed by atoms with E-state index in [2.05, 4.69) is 10.6 Å². The highest BCUT2D eigenvalue weighted by Crippen LogP contribution is 2.12. The van der Waals surface area contributed by atoms with Crippen LogP contribution in [-0.2, 0) is 27.2 Å². The number of nitrogens with one attached hydrogen (secondary N) is 2. The summed E-state index contributed by atoms with van der Waals surface area (Å²) < 4.78 is 0. The Kier molecular flexibility index (Phi) is 10.3. The number of carboxylic acid groups (broad SMARTS) is 1. The maximum absolute atomic E-state index is 13.0. The molecule has 178 valence electrons. The molecular formula is C24H32N4O5. The Hall–Kier alpha value is -3.43. The molecule has 0 saturated heterocycles. The topological polar surface area (TPSA) is 168 Å². The van der Waals surface area contributed by atoms with E-state index >= 15 is 0 Å². The Balaban J connectivity index is 2.12. The van der Waals surface area contributed by atoms with Crippen molar-refractivity contribution in [3.05, 3.63) is 65.7 Å². The van der Waals surface area contributed by atoms with Gasteiger partial charge in [0.15, 0.2) is 0 Å². The maximum atomic E-state index is 13.0. The Labute approximate surface area is 193 Å². The second kappa shape index (κ2) is 13.2. The minimum atomic E-state index is -1.21. The van der Waals surface area contributed by atoms with Crippen molar-refractivity contribution in [2.45, 2.75) is 50.2 Å². The van der Waals surface area contributed by atoms with E-state index in [4.69, 9.17) is 11.5 Å². The van der Waals surface area contributed by atoms with Crippen molar-refractivity contribution >= 4 is 17.8 Å². The molecule has 0 aromatic heterocycles. The molecule has 0 saturated carbocycles. The third kappa shape index (κ3) is 8.91. The summed E-state index contributed by atoms with van der Waals surface area (Å²) in [4.78, 5) is 37.4. The normalized spacial score (nSPS) is 13.5. The van der Waals surface area contributed by atoms with Crippen molar-refractivity contribution in [2.75, 3.05) is 6.54 Å². The summed E-state index contributed by atoms with van der Waals surface area (Å²) in [5.74, 6) is -2.25. The number of aliphatic carboxylic acids is 1. The van der Waals surface area contributed by atoms with Crippen LogP contribution in [0.1, 0.15) is 30.4 Å². The number of hydrogen-bond donors (Lipinski definition) is 6. The standard InChI is InChI=1S/C24H32N4O5/c25-13-5-4-8-19(26)22(30)27-20(14-16-6-2-1-3-7-16)23(31)28-21(24(32)33)15-17-9-11-18(29)12-10-17/h1-3,6-7,9-12,19-21,29H,4-5,8,13-15,25-26H2,(H,27,30)(H,28,31)(H,32,33)/t19-,20-,21-/m0/s1. The van der Waals surface area contributed by atoms with Crippen LogP contribution in [0, 0.1) is 0 Å². The molecule has 0 aliphatic heterocycles. The number of phenols is 1. The zero-order valence-corrected chi connectivity index (χ0v) is 18.4. The van der Waals surface area contributed by atoms with Crippen LogP contribution in [0.5, 0.6) is 5.75 Å². The zero-order chi connectivity index (χ0) is 24.2. The van der Waals surface area contributed by atoms with E-state index in [1.54, 1.807) is 12.1 Å². The van der Waals surface area contributed by atoms with Gasteiger partial charge in [0.05, 0.1) is 6.04 Å². The van der Waals surface area contributed by atoms with Gasteiger partial charge in [0.1, 0.15) is 17.8 Å². The van der Waals surface area contributed by atoms with Gasteiger partial charge in [-0.25, -0.2) is 4.79 Å². The smallest absolute Gasteiger partial charge is 0.326 e. The molecule has 0 aliphatic rings. The first-order valence-corrected chi connectivity index (χ1v) is 10.9. The van der Waals surface area contributed by atoms with E-state index in [0.717, 1.165) is 12.0 Å². The maximum Gasteiger partial charge on any atom is 0.326 e. The largest absolute Gasteiger partial charge is 0.508 e. The van der Waals surface area contributed by atoms with Crippen molar-refractivity contribution in [1.29, 1.82) is 0 Å². The predicted octanol–water partition coefficient (Wildman–Crippen LogP) is 0.688. The van der Waals surface area contributed by atoms with Gasteiger partial charge in [-0.05, 0) is 42.6 Å². The second-order valence-corrected chi connectivity index (χ2v) is 7.91. The van der Waals surface area contributed by atoms with Crippen molar-refractivity contribution < 1.29 is 24.6 Å². The average Bonchev–Trinajstić information content (AvgIpc) is 2.80. The van der Waals surface area contributed by atoms with Crippen LogP contribution in [-0.4, -0.2) is 52.7 Å². The summed E-state index contributed by atoms with van der Waals surface area (Å²) in [6, 6.07) is 12.2. The molecule has 8 N–H and O–H groups in total. The lowest BCUT2D eigenvalue weighted by Gasteiger charge is -2.23. The molecule has 0 fully saturated rings. The lowest BCUT2D eigenvalue weighted by atomic mass is 10.0. The molecule has 0 unspecified atom stereocenters. The van der Waals surface area contributed by atoms with Crippen LogP contribution < -0.4 is 22.1 Å². The second-order valence-electron chi connectivity index (χ2n) is 7.91. The van der Waals surface area contributed by atoms with Gasteiger partial charge in [-0.15, -0.1) is 0 Å². The van der Waals surface area contributed by atoms with Crippen LogP contribution >= 0.6 is 0 Å². The summed E-state index contributed by atoms with van der Waals surface area (Å²) in [5.41, 5.74) is 12.9. The van der Waals surface area contributed by atoms with Crippen LogP contribution in [0.25, 0.3) is 0 Å². The molecule has 0 bridgehead atoms. The van der Waals surface area contributed by atoms with Crippen LogP contribution in [0.2, 0.25) is 0 Å². The lowest BCUT2D eigenvalue weighted by molar-refractivity contribution is -0.142. The molecule has 9 nitrogen and oxygen atoms in total. The summed E-state index contributed by atoms with van der Waals surface area (Å²) >= 11 is 0. The molecule has 2 rings (SSSR count). The summed E-state index contributed by atoms with van der Waals surface area (Å²) in [7, 11) is 0. The molecule has 0 aliphatic carbocycles.